The van der Waals surface area contributed by atoms with Gasteiger partial charge in [0.05, 0.1) is 0 Å². The molecule has 0 unspecified atom stereocenters. The first-order valence-corrected chi connectivity index (χ1v) is 8.68. The van der Waals surface area contributed by atoms with Crippen molar-refractivity contribution in [1.82, 2.24) is 0 Å². The average Bonchev–Trinajstić information content (AvgIpc) is 2.46. The van der Waals surface area contributed by atoms with Gasteiger partial charge in [0.1, 0.15) is 0 Å². The van der Waals surface area contributed by atoms with Crippen LogP contribution in [0.3, 0.4) is 0 Å². The molecule has 0 radical (unpaired) electrons. The molecule has 0 atom stereocenters. The summed E-state index contributed by atoms with van der Waals surface area (Å²) in [6, 6.07) is 16.6. The minimum Gasteiger partial charge on any atom is -0.122 e. The molecule has 2 rings (SSSR count). The maximum Gasteiger partial charge on any atom is 0.0474 e. The van der Waals surface area contributed by atoms with Gasteiger partial charge in [0.15, 0.2) is 0 Å². The summed E-state index contributed by atoms with van der Waals surface area (Å²) in [5.74, 6) is 1.13. The molecule has 0 aromatic heterocycles. The van der Waals surface area contributed by atoms with Gasteiger partial charge in [-0.2, -0.15) is 0 Å². The standard InChI is InChI=1S/C14H12Cl2S2/c15-9-11-1-5-13(6-2-11)17-18-14-7-3-12(10-16)4-8-14/h1-8H,9-10H2. The van der Waals surface area contributed by atoms with E-state index in [1.807, 2.05) is 0 Å². The summed E-state index contributed by atoms with van der Waals surface area (Å²) in [5.41, 5.74) is 2.30. The molecular weight excluding hydrogens is 303 g/mol. The van der Waals surface area contributed by atoms with E-state index in [1.165, 1.54) is 9.79 Å². The van der Waals surface area contributed by atoms with Gasteiger partial charge < -0.3 is 0 Å². The lowest BCUT2D eigenvalue weighted by atomic mass is 10.2. The molecule has 0 saturated heterocycles. The minimum absolute atomic E-state index is 0.567. The molecule has 0 spiro atoms. The summed E-state index contributed by atoms with van der Waals surface area (Å²) in [6.07, 6.45) is 0. The summed E-state index contributed by atoms with van der Waals surface area (Å²) in [7, 11) is 3.49. The van der Waals surface area contributed by atoms with E-state index in [2.05, 4.69) is 48.5 Å². The highest BCUT2D eigenvalue weighted by Gasteiger charge is 1.98. The fraction of sp³-hybridized carbons (Fsp3) is 0.143. The second kappa shape index (κ2) is 7.34. The predicted molar refractivity (Wildman–Crippen MR) is 83.7 cm³/mol. The summed E-state index contributed by atoms with van der Waals surface area (Å²) >= 11 is 11.5. The number of alkyl halides is 2. The average molecular weight is 315 g/mol. The number of hydrogen-bond acceptors (Lipinski definition) is 2. The Morgan fingerprint density at radius 1 is 0.611 bits per heavy atom. The van der Waals surface area contributed by atoms with Crippen LogP contribution < -0.4 is 0 Å². The van der Waals surface area contributed by atoms with Crippen molar-refractivity contribution in [2.75, 3.05) is 0 Å². The van der Waals surface area contributed by atoms with E-state index in [1.54, 1.807) is 21.6 Å². The Labute approximate surface area is 125 Å². The molecule has 4 heteroatoms. The van der Waals surface area contributed by atoms with E-state index in [9.17, 15) is 0 Å². The summed E-state index contributed by atoms with van der Waals surface area (Å²) in [5, 5.41) is 0. The zero-order chi connectivity index (χ0) is 12.8. The quantitative estimate of drug-likeness (QED) is 0.493. The highest BCUT2D eigenvalue weighted by atomic mass is 35.5. The van der Waals surface area contributed by atoms with Gasteiger partial charge in [0, 0.05) is 21.6 Å². The van der Waals surface area contributed by atoms with Crippen molar-refractivity contribution in [2.24, 2.45) is 0 Å². The normalized spacial score (nSPS) is 10.6. The second-order valence-corrected chi connectivity index (χ2v) is 6.53. The molecule has 0 fully saturated rings. The number of benzene rings is 2. The van der Waals surface area contributed by atoms with Gasteiger partial charge in [0.25, 0.3) is 0 Å². The smallest absolute Gasteiger partial charge is 0.0474 e. The Hall–Kier alpha value is -0.280. The molecule has 0 N–H and O–H groups in total. The highest BCUT2D eigenvalue weighted by Crippen LogP contribution is 2.37. The Bertz CT molecular complexity index is 433. The van der Waals surface area contributed by atoms with E-state index < -0.39 is 0 Å². The first-order chi connectivity index (χ1) is 8.81. The fourth-order valence-electron chi connectivity index (χ4n) is 1.36. The molecule has 18 heavy (non-hydrogen) atoms. The lowest BCUT2D eigenvalue weighted by Crippen LogP contribution is -1.77. The van der Waals surface area contributed by atoms with Crippen molar-refractivity contribution in [2.45, 2.75) is 21.6 Å². The van der Waals surface area contributed by atoms with Crippen molar-refractivity contribution < 1.29 is 0 Å². The summed E-state index contributed by atoms with van der Waals surface area (Å²) in [4.78, 5) is 2.46. The lowest BCUT2D eigenvalue weighted by molar-refractivity contribution is 1.34. The summed E-state index contributed by atoms with van der Waals surface area (Å²) in [6.45, 7) is 0. The number of halogens is 2. The maximum atomic E-state index is 5.76. The van der Waals surface area contributed by atoms with E-state index in [0.717, 1.165) is 11.1 Å². The molecular formula is C14H12Cl2S2. The molecule has 0 heterocycles. The van der Waals surface area contributed by atoms with Crippen molar-refractivity contribution in [3.63, 3.8) is 0 Å². The van der Waals surface area contributed by atoms with Crippen molar-refractivity contribution in [3.8, 4) is 0 Å². The third kappa shape index (κ3) is 4.13. The zero-order valence-electron chi connectivity index (χ0n) is 9.61. The Kier molecular flexibility index (Phi) is 5.77. The van der Waals surface area contributed by atoms with Gasteiger partial charge in [-0.1, -0.05) is 45.9 Å². The molecule has 2 aromatic carbocycles. The third-order valence-electron chi connectivity index (χ3n) is 2.39. The third-order valence-corrected chi connectivity index (χ3v) is 5.42. The molecule has 2 aromatic rings. The minimum atomic E-state index is 0.567. The van der Waals surface area contributed by atoms with Crippen LogP contribution in [-0.4, -0.2) is 0 Å². The van der Waals surface area contributed by atoms with Crippen LogP contribution in [0.1, 0.15) is 11.1 Å². The Morgan fingerprint density at radius 3 is 1.22 bits per heavy atom. The van der Waals surface area contributed by atoms with Gasteiger partial charge in [-0.05, 0) is 35.4 Å². The summed E-state index contributed by atoms with van der Waals surface area (Å²) < 4.78 is 0. The number of rotatable bonds is 5. The van der Waals surface area contributed by atoms with Crippen molar-refractivity contribution in [1.29, 1.82) is 0 Å². The molecule has 0 aliphatic carbocycles. The Morgan fingerprint density at radius 2 is 0.944 bits per heavy atom. The molecule has 0 aliphatic heterocycles. The van der Waals surface area contributed by atoms with Crippen LogP contribution >= 0.6 is 44.8 Å². The van der Waals surface area contributed by atoms with Crippen LogP contribution in [0.5, 0.6) is 0 Å². The van der Waals surface area contributed by atoms with E-state index >= 15 is 0 Å². The molecule has 0 aliphatic rings. The number of hydrogen-bond donors (Lipinski definition) is 0. The lowest BCUT2D eigenvalue weighted by Gasteiger charge is -2.03. The predicted octanol–water partition coefficient (Wildman–Crippen LogP) is 5.96. The van der Waals surface area contributed by atoms with E-state index in [-0.39, 0.29) is 0 Å². The van der Waals surface area contributed by atoms with Gasteiger partial charge >= 0.3 is 0 Å². The molecule has 0 bridgehead atoms. The van der Waals surface area contributed by atoms with Gasteiger partial charge in [-0.25, -0.2) is 0 Å². The molecule has 0 saturated carbocycles. The van der Waals surface area contributed by atoms with Crippen molar-refractivity contribution in [3.05, 3.63) is 59.7 Å². The van der Waals surface area contributed by atoms with Crippen LogP contribution in [0.15, 0.2) is 58.3 Å². The van der Waals surface area contributed by atoms with Crippen LogP contribution in [0.4, 0.5) is 0 Å². The second-order valence-electron chi connectivity index (χ2n) is 3.72. The topological polar surface area (TPSA) is 0 Å². The first-order valence-electron chi connectivity index (χ1n) is 5.46. The Balaban J connectivity index is 1.93. The van der Waals surface area contributed by atoms with E-state index in [4.69, 9.17) is 23.2 Å². The molecule has 94 valence electrons. The van der Waals surface area contributed by atoms with Gasteiger partial charge in [-0.3, -0.25) is 0 Å². The monoisotopic (exact) mass is 314 g/mol. The van der Waals surface area contributed by atoms with Crippen LogP contribution in [-0.2, 0) is 11.8 Å². The highest BCUT2D eigenvalue weighted by molar-refractivity contribution is 8.76. The van der Waals surface area contributed by atoms with E-state index in [0.29, 0.717) is 11.8 Å². The van der Waals surface area contributed by atoms with Crippen LogP contribution in [0.2, 0.25) is 0 Å². The van der Waals surface area contributed by atoms with Gasteiger partial charge in [-0.15, -0.1) is 23.2 Å². The first kappa shape index (κ1) is 14.1. The maximum absolute atomic E-state index is 5.76. The SMILES string of the molecule is ClCc1ccc(SSc2ccc(CCl)cc2)cc1. The fourth-order valence-corrected chi connectivity index (χ4v) is 3.65. The van der Waals surface area contributed by atoms with Crippen LogP contribution in [0, 0.1) is 0 Å². The molecule has 0 amide bonds. The largest absolute Gasteiger partial charge is 0.122 e. The van der Waals surface area contributed by atoms with Crippen LogP contribution in [0.25, 0.3) is 0 Å². The van der Waals surface area contributed by atoms with Crippen molar-refractivity contribution >= 4 is 44.8 Å². The molecule has 0 nitrogen and oxygen atoms in total. The zero-order valence-corrected chi connectivity index (χ0v) is 12.8. The van der Waals surface area contributed by atoms with Gasteiger partial charge in [0.2, 0.25) is 0 Å².